The predicted octanol–water partition coefficient (Wildman–Crippen LogP) is 5.37. The van der Waals surface area contributed by atoms with E-state index in [-0.39, 0.29) is 0 Å². The van der Waals surface area contributed by atoms with Crippen molar-refractivity contribution in [3.8, 4) is 23.7 Å². The zero-order valence-corrected chi connectivity index (χ0v) is 15.2. The lowest BCUT2D eigenvalue weighted by Crippen LogP contribution is -1.97. The molecule has 0 fully saturated rings. The Morgan fingerprint density at radius 1 is 0.357 bits per heavy atom. The molecule has 1 aliphatic rings. The smallest absolute Gasteiger partial charge is 0.0334 e. The Labute approximate surface area is 164 Å². The molecule has 0 aromatic heterocycles. The summed E-state index contributed by atoms with van der Waals surface area (Å²) >= 11 is 0. The molecule has 0 saturated heterocycles. The van der Waals surface area contributed by atoms with E-state index in [9.17, 15) is 0 Å². The Bertz CT molecular complexity index is 1370. The molecular weight excluding hydrogens is 336 g/mol. The first-order chi connectivity index (χ1) is 13.9. The highest BCUT2D eigenvalue weighted by atomic mass is 14.1. The molecule has 128 valence electrons. The Morgan fingerprint density at radius 3 is 1.21 bits per heavy atom. The minimum atomic E-state index is 1.02. The van der Waals surface area contributed by atoms with Crippen molar-refractivity contribution in [1.29, 1.82) is 0 Å². The summed E-state index contributed by atoms with van der Waals surface area (Å²) in [5, 5.41) is 4.97. The summed E-state index contributed by atoms with van der Waals surface area (Å²) in [5.41, 5.74) is 4.17. The number of hydrogen-bond acceptors (Lipinski definition) is 0. The molecule has 0 bridgehead atoms. The predicted molar refractivity (Wildman–Crippen MR) is 113 cm³/mol. The fourth-order valence-corrected chi connectivity index (χ4v) is 3.56. The number of hydrogen-bond donors (Lipinski definition) is 0. The molecule has 1 aliphatic carbocycles. The van der Waals surface area contributed by atoms with Crippen molar-refractivity contribution in [1.82, 2.24) is 0 Å². The standard InChI is InChI=1S/C28H16/c1-3-9-21(10-4-1)17-19-23-13-7-15-25-26-16-8-14-24(28(26)27(23)25)20-18-22-11-5-2-6-12-22/h1-16H. The molecule has 0 atom stereocenters. The zero-order chi connectivity index (χ0) is 18.8. The minimum absolute atomic E-state index is 1.02. The van der Waals surface area contributed by atoms with Gasteiger partial charge in [-0.15, -0.1) is 0 Å². The second-order valence-electron chi connectivity index (χ2n) is 6.69. The Morgan fingerprint density at radius 2 is 0.786 bits per heavy atom. The molecule has 0 heteroatoms. The van der Waals surface area contributed by atoms with Gasteiger partial charge in [-0.05, 0) is 46.8 Å². The van der Waals surface area contributed by atoms with Gasteiger partial charge in [-0.2, -0.15) is 0 Å². The molecular formula is C28H16. The summed E-state index contributed by atoms with van der Waals surface area (Å²) in [6.07, 6.45) is 0. The van der Waals surface area contributed by atoms with E-state index in [0.717, 1.165) is 22.3 Å². The van der Waals surface area contributed by atoms with Crippen LogP contribution in [0.3, 0.4) is 0 Å². The van der Waals surface area contributed by atoms with Crippen molar-refractivity contribution in [2.24, 2.45) is 0 Å². The molecule has 0 radical (unpaired) electrons. The number of fused-ring (bicyclic) bond motifs is 2. The summed E-state index contributed by atoms with van der Waals surface area (Å²) in [6.45, 7) is 0. The van der Waals surface area contributed by atoms with E-state index in [1.807, 2.05) is 60.7 Å². The van der Waals surface area contributed by atoms with Crippen LogP contribution in [0.4, 0.5) is 0 Å². The largest absolute Gasteiger partial charge is 0.0622 e. The second-order valence-corrected chi connectivity index (χ2v) is 6.69. The van der Waals surface area contributed by atoms with Gasteiger partial charge in [-0.3, -0.25) is 0 Å². The SMILES string of the molecule is C(#Cc1cccc2c1=c1c(C#Cc3ccccc3)cccc1=2)c1ccccc1. The van der Waals surface area contributed by atoms with Crippen LogP contribution in [0.15, 0.2) is 97.1 Å². The van der Waals surface area contributed by atoms with E-state index in [4.69, 9.17) is 0 Å². The van der Waals surface area contributed by atoms with Crippen molar-refractivity contribution in [2.75, 3.05) is 0 Å². The van der Waals surface area contributed by atoms with E-state index in [1.54, 1.807) is 0 Å². The van der Waals surface area contributed by atoms with Crippen molar-refractivity contribution >= 4 is 0 Å². The first kappa shape index (κ1) is 16.2. The fraction of sp³-hybridized carbons (Fsp3) is 0. The second kappa shape index (κ2) is 6.96. The summed E-state index contributed by atoms with van der Waals surface area (Å²) in [7, 11) is 0. The van der Waals surface area contributed by atoms with Crippen LogP contribution in [0, 0.1) is 44.6 Å². The van der Waals surface area contributed by atoms with Gasteiger partial charge in [0.15, 0.2) is 0 Å². The first-order valence-electron chi connectivity index (χ1n) is 9.31. The molecule has 0 amide bonds. The maximum atomic E-state index is 3.37. The van der Waals surface area contributed by atoms with Crippen molar-refractivity contribution in [3.63, 3.8) is 0 Å². The van der Waals surface area contributed by atoms with Crippen LogP contribution in [-0.4, -0.2) is 0 Å². The van der Waals surface area contributed by atoms with Crippen LogP contribution in [-0.2, 0) is 0 Å². The highest BCUT2D eigenvalue weighted by Gasteiger charge is 2.08. The Kier molecular flexibility index (Phi) is 4.02. The molecule has 0 unspecified atom stereocenters. The minimum Gasteiger partial charge on any atom is -0.0622 e. The highest BCUT2D eigenvalue weighted by Crippen LogP contribution is 2.19. The molecule has 4 aromatic rings. The maximum absolute atomic E-state index is 3.37. The van der Waals surface area contributed by atoms with E-state index in [0.29, 0.717) is 0 Å². The van der Waals surface area contributed by atoms with Gasteiger partial charge in [0.05, 0.1) is 0 Å². The van der Waals surface area contributed by atoms with Gasteiger partial charge in [0.2, 0.25) is 0 Å². The Hall–Kier alpha value is -4.00. The molecule has 0 aliphatic heterocycles. The summed E-state index contributed by atoms with van der Waals surface area (Å²) in [5.74, 6) is 13.3. The summed E-state index contributed by atoms with van der Waals surface area (Å²) < 4.78 is 0. The maximum Gasteiger partial charge on any atom is 0.0334 e. The average molecular weight is 352 g/mol. The molecule has 0 spiro atoms. The van der Waals surface area contributed by atoms with E-state index >= 15 is 0 Å². The quantitative estimate of drug-likeness (QED) is 0.329. The molecule has 0 N–H and O–H groups in total. The number of rotatable bonds is 0. The molecule has 28 heavy (non-hydrogen) atoms. The molecule has 0 saturated carbocycles. The topological polar surface area (TPSA) is 0 Å². The third kappa shape index (κ3) is 2.88. The fourth-order valence-electron chi connectivity index (χ4n) is 3.56. The van der Waals surface area contributed by atoms with E-state index in [2.05, 4.69) is 60.1 Å². The molecule has 4 aromatic carbocycles. The third-order valence-corrected chi connectivity index (χ3v) is 4.90. The third-order valence-electron chi connectivity index (χ3n) is 4.90. The molecule has 0 nitrogen and oxygen atoms in total. The monoisotopic (exact) mass is 352 g/mol. The molecule has 0 heterocycles. The highest BCUT2D eigenvalue weighted by molar-refractivity contribution is 5.51. The van der Waals surface area contributed by atoms with Gasteiger partial charge in [-0.25, -0.2) is 0 Å². The normalized spacial score (nSPS) is 10.3. The lowest BCUT2D eigenvalue weighted by Gasteiger charge is -2.08. The lowest BCUT2D eigenvalue weighted by molar-refractivity contribution is 1.26. The van der Waals surface area contributed by atoms with Gasteiger partial charge >= 0.3 is 0 Å². The van der Waals surface area contributed by atoms with Gasteiger partial charge in [0.25, 0.3) is 0 Å². The number of benzene rings is 4. The summed E-state index contributed by atoms with van der Waals surface area (Å²) in [4.78, 5) is 0. The zero-order valence-electron chi connectivity index (χ0n) is 15.2. The Balaban J connectivity index is 1.69. The van der Waals surface area contributed by atoms with Crippen molar-refractivity contribution in [3.05, 3.63) is 140 Å². The summed E-state index contributed by atoms with van der Waals surface area (Å²) in [6, 6.07) is 32.9. The first-order valence-corrected chi connectivity index (χ1v) is 9.31. The van der Waals surface area contributed by atoms with E-state index < -0.39 is 0 Å². The van der Waals surface area contributed by atoms with E-state index in [1.165, 1.54) is 20.9 Å². The lowest BCUT2D eigenvalue weighted by atomic mass is 9.94. The van der Waals surface area contributed by atoms with Gasteiger partial charge < -0.3 is 0 Å². The van der Waals surface area contributed by atoms with Crippen LogP contribution >= 0.6 is 0 Å². The molecule has 5 rings (SSSR count). The average Bonchev–Trinajstić information content (AvgIpc) is 2.75. The van der Waals surface area contributed by atoms with Crippen LogP contribution in [0.25, 0.3) is 0 Å². The van der Waals surface area contributed by atoms with Crippen molar-refractivity contribution < 1.29 is 0 Å². The van der Waals surface area contributed by atoms with Crippen LogP contribution < -0.4 is 0 Å². The van der Waals surface area contributed by atoms with Crippen LogP contribution in [0.1, 0.15) is 22.3 Å². The van der Waals surface area contributed by atoms with Gasteiger partial charge in [0, 0.05) is 32.7 Å². The van der Waals surface area contributed by atoms with Crippen molar-refractivity contribution in [2.45, 2.75) is 0 Å². The van der Waals surface area contributed by atoms with Crippen LogP contribution in [0.2, 0.25) is 0 Å². The van der Waals surface area contributed by atoms with Gasteiger partial charge in [0.1, 0.15) is 0 Å². The van der Waals surface area contributed by atoms with Gasteiger partial charge in [-0.1, -0.05) is 84.3 Å². The van der Waals surface area contributed by atoms with Crippen LogP contribution in [0.5, 0.6) is 0 Å².